The van der Waals surface area contributed by atoms with Crippen LogP contribution in [0.25, 0.3) is 0 Å². The predicted octanol–water partition coefficient (Wildman–Crippen LogP) is 3.98. The topological polar surface area (TPSA) is 12.0 Å². The first kappa shape index (κ1) is 11.9. The molecule has 2 heteroatoms. The molecule has 0 aromatic heterocycles. The highest BCUT2D eigenvalue weighted by Crippen LogP contribution is 2.41. The minimum atomic E-state index is -0.145. The summed E-state index contributed by atoms with van der Waals surface area (Å²) in [6.45, 7) is 0. The maximum atomic E-state index is 13.0. The van der Waals surface area contributed by atoms with Crippen molar-refractivity contribution in [3.8, 4) is 0 Å². The van der Waals surface area contributed by atoms with E-state index in [1.807, 2.05) is 12.1 Å². The molecular weight excluding hydrogens is 225 g/mol. The van der Waals surface area contributed by atoms with Gasteiger partial charge in [-0.1, -0.05) is 24.3 Å². The van der Waals surface area contributed by atoms with Crippen molar-refractivity contribution in [3.05, 3.63) is 47.8 Å². The number of benzene rings is 1. The Morgan fingerprint density at radius 1 is 1.06 bits per heavy atom. The minimum absolute atomic E-state index is 0.145. The molecule has 2 atom stereocenters. The van der Waals surface area contributed by atoms with Gasteiger partial charge in [0, 0.05) is 12.1 Å². The van der Waals surface area contributed by atoms with Crippen LogP contribution in [-0.4, -0.2) is 6.04 Å². The normalized spacial score (nSPS) is 25.1. The zero-order valence-corrected chi connectivity index (χ0v) is 10.6. The fraction of sp³-hybridized carbons (Fsp3) is 0.500. The lowest BCUT2D eigenvalue weighted by atomic mass is 9.96. The molecule has 2 aliphatic rings. The maximum Gasteiger partial charge on any atom is 0.123 e. The van der Waals surface area contributed by atoms with Crippen LogP contribution in [0.2, 0.25) is 0 Å². The summed E-state index contributed by atoms with van der Waals surface area (Å²) < 4.78 is 13.0. The van der Waals surface area contributed by atoms with E-state index in [4.69, 9.17) is 0 Å². The van der Waals surface area contributed by atoms with E-state index < -0.39 is 0 Å². The van der Waals surface area contributed by atoms with E-state index in [-0.39, 0.29) is 5.82 Å². The predicted molar refractivity (Wildman–Crippen MR) is 71.8 cm³/mol. The third kappa shape index (κ3) is 2.81. The Morgan fingerprint density at radius 3 is 2.44 bits per heavy atom. The van der Waals surface area contributed by atoms with Gasteiger partial charge in [0.25, 0.3) is 0 Å². The van der Waals surface area contributed by atoms with Crippen molar-refractivity contribution in [2.45, 2.75) is 44.2 Å². The van der Waals surface area contributed by atoms with Gasteiger partial charge < -0.3 is 5.32 Å². The summed E-state index contributed by atoms with van der Waals surface area (Å²) in [7, 11) is 0. The lowest BCUT2D eigenvalue weighted by molar-refractivity contribution is 0.382. The third-order valence-corrected chi connectivity index (χ3v) is 4.01. The molecule has 0 saturated heterocycles. The van der Waals surface area contributed by atoms with Crippen molar-refractivity contribution < 1.29 is 4.39 Å². The first-order valence-electron chi connectivity index (χ1n) is 6.99. The first-order valence-corrected chi connectivity index (χ1v) is 6.99. The largest absolute Gasteiger partial charge is 0.307 e. The molecule has 1 aromatic rings. The molecule has 1 nitrogen and oxygen atoms in total. The van der Waals surface area contributed by atoms with E-state index in [0.717, 1.165) is 12.3 Å². The first-order chi connectivity index (χ1) is 8.83. The number of nitrogens with one attached hydrogen (secondary N) is 1. The number of rotatable bonds is 4. The quantitative estimate of drug-likeness (QED) is 0.791. The lowest BCUT2D eigenvalue weighted by Crippen LogP contribution is -2.34. The highest BCUT2D eigenvalue weighted by Gasteiger charge is 2.33. The monoisotopic (exact) mass is 245 g/mol. The Bertz CT molecular complexity index is 419. The highest BCUT2D eigenvalue weighted by atomic mass is 19.1. The van der Waals surface area contributed by atoms with Crippen LogP contribution < -0.4 is 5.32 Å². The fourth-order valence-electron chi connectivity index (χ4n) is 2.80. The SMILES string of the molecule is Fc1ccc(C(NC2CC=CCC2)C2CC2)cc1. The zero-order valence-electron chi connectivity index (χ0n) is 10.6. The third-order valence-electron chi connectivity index (χ3n) is 4.01. The van der Waals surface area contributed by atoms with Gasteiger partial charge in [0.15, 0.2) is 0 Å². The molecule has 1 fully saturated rings. The van der Waals surface area contributed by atoms with E-state index >= 15 is 0 Å². The average molecular weight is 245 g/mol. The second kappa shape index (κ2) is 5.23. The molecule has 0 spiro atoms. The van der Waals surface area contributed by atoms with Gasteiger partial charge in [0.1, 0.15) is 5.82 Å². The van der Waals surface area contributed by atoms with Crippen molar-refractivity contribution in [1.29, 1.82) is 0 Å². The van der Waals surface area contributed by atoms with Crippen LogP contribution in [0.1, 0.15) is 43.7 Å². The minimum Gasteiger partial charge on any atom is -0.307 e. The van der Waals surface area contributed by atoms with Crippen LogP contribution in [0.3, 0.4) is 0 Å². The van der Waals surface area contributed by atoms with E-state index in [0.29, 0.717) is 12.1 Å². The number of halogens is 1. The van der Waals surface area contributed by atoms with Gasteiger partial charge in [-0.15, -0.1) is 0 Å². The maximum absolute atomic E-state index is 13.0. The molecule has 3 rings (SSSR count). The van der Waals surface area contributed by atoms with Crippen LogP contribution in [0.15, 0.2) is 36.4 Å². The van der Waals surface area contributed by atoms with Gasteiger partial charge in [-0.3, -0.25) is 0 Å². The Kier molecular flexibility index (Phi) is 3.46. The number of allylic oxidation sites excluding steroid dienone is 1. The molecule has 2 unspecified atom stereocenters. The summed E-state index contributed by atoms with van der Waals surface area (Å²) in [6.07, 6.45) is 10.7. The molecule has 1 saturated carbocycles. The molecule has 18 heavy (non-hydrogen) atoms. The van der Waals surface area contributed by atoms with Crippen molar-refractivity contribution in [2.24, 2.45) is 5.92 Å². The summed E-state index contributed by atoms with van der Waals surface area (Å²) in [4.78, 5) is 0. The Morgan fingerprint density at radius 2 is 1.83 bits per heavy atom. The molecule has 0 radical (unpaired) electrons. The van der Waals surface area contributed by atoms with Gasteiger partial charge in [-0.2, -0.15) is 0 Å². The second-order valence-electron chi connectivity index (χ2n) is 5.51. The molecule has 1 N–H and O–H groups in total. The van der Waals surface area contributed by atoms with E-state index in [1.165, 1.54) is 31.2 Å². The van der Waals surface area contributed by atoms with Crippen LogP contribution in [-0.2, 0) is 0 Å². The zero-order chi connectivity index (χ0) is 12.4. The number of hydrogen-bond donors (Lipinski definition) is 1. The average Bonchev–Trinajstić information content (AvgIpc) is 3.23. The van der Waals surface area contributed by atoms with Gasteiger partial charge in [-0.25, -0.2) is 4.39 Å². The fourth-order valence-corrected chi connectivity index (χ4v) is 2.80. The van der Waals surface area contributed by atoms with E-state index in [9.17, 15) is 4.39 Å². The molecule has 1 aromatic carbocycles. The van der Waals surface area contributed by atoms with Crippen molar-refractivity contribution in [3.63, 3.8) is 0 Å². The van der Waals surface area contributed by atoms with E-state index in [1.54, 1.807) is 12.1 Å². The number of hydrogen-bond acceptors (Lipinski definition) is 1. The highest BCUT2D eigenvalue weighted by molar-refractivity contribution is 5.22. The van der Waals surface area contributed by atoms with Crippen LogP contribution >= 0.6 is 0 Å². The Labute approximate surface area is 108 Å². The smallest absolute Gasteiger partial charge is 0.123 e. The van der Waals surface area contributed by atoms with Gasteiger partial charge in [-0.05, 0) is 55.7 Å². The summed E-state index contributed by atoms with van der Waals surface area (Å²) in [5.41, 5.74) is 1.24. The summed E-state index contributed by atoms with van der Waals surface area (Å²) in [6, 6.07) is 8.03. The van der Waals surface area contributed by atoms with Gasteiger partial charge in [0.05, 0.1) is 0 Å². The molecule has 2 aliphatic carbocycles. The molecule has 96 valence electrons. The molecule has 0 aliphatic heterocycles. The second-order valence-corrected chi connectivity index (χ2v) is 5.51. The summed E-state index contributed by atoms with van der Waals surface area (Å²) >= 11 is 0. The Balaban J connectivity index is 1.71. The molecule has 0 amide bonds. The van der Waals surface area contributed by atoms with Crippen molar-refractivity contribution in [1.82, 2.24) is 5.32 Å². The van der Waals surface area contributed by atoms with Crippen LogP contribution in [0.4, 0.5) is 4.39 Å². The van der Waals surface area contributed by atoms with Crippen molar-refractivity contribution in [2.75, 3.05) is 0 Å². The van der Waals surface area contributed by atoms with Crippen LogP contribution in [0.5, 0.6) is 0 Å². The van der Waals surface area contributed by atoms with Gasteiger partial charge >= 0.3 is 0 Å². The van der Waals surface area contributed by atoms with Crippen LogP contribution in [0, 0.1) is 11.7 Å². The summed E-state index contributed by atoms with van der Waals surface area (Å²) in [5.74, 6) is 0.607. The molecule has 0 heterocycles. The molecule has 0 bridgehead atoms. The summed E-state index contributed by atoms with van der Waals surface area (Å²) in [5, 5.41) is 3.78. The van der Waals surface area contributed by atoms with E-state index in [2.05, 4.69) is 17.5 Å². The Hall–Kier alpha value is -1.15. The molecular formula is C16H20FN. The van der Waals surface area contributed by atoms with Gasteiger partial charge in [0.2, 0.25) is 0 Å². The van der Waals surface area contributed by atoms with Crippen molar-refractivity contribution >= 4 is 0 Å². The lowest BCUT2D eigenvalue weighted by Gasteiger charge is -2.27. The standard InChI is InChI=1S/C16H20FN/c17-14-10-8-13(9-11-14)16(12-6-7-12)18-15-4-2-1-3-5-15/h1-2,8-12,15-16,18H,3-7H2.